The van der Waals surface area contributed by atoms with Crippen LogP contribution in [0.5, 0.6) is 0 Å². The van der Waals surface area contributed by atoms with E-state index < -0.39 is 5.97 Å². The van der Waals surface area contributed by atoms with Crippen molar-refractivity contribution in [2.24, 2.45) is 4.99 Å². The van der Waals surface area contributed by atoms with E-state index >= 15 is 0 Å². The molecule has 3 heteroatoms. The van der Waals surface area contributed by atoms with E-state index in [-0.39, 0.29) is 5.70 Å². The molecule has 0 bridgehead atoms. The molecule has 0 saturated carbocycles. The number of hydrogen-bond donors (Lipinski definition) is 1. The van der Waals surface area contributed by atoms with Gasteiger partial charge in [0.1, 0.15) is 5.70 Å². The van der Waals surface area contributed by atoms with Crippen LogP contribution >= 0.6 is 0 Å². The van der Waals surface area contributed by atoms with Gasteiger partial charge in [0.2, 0.25) is 0 Å². The van der Waals surface area contributed by atoms with Crippen molar-refractivity contribution < 1.29 is 9.90 Å². The van der Waals surface area contributed by atoms with Gasteiger partial charge >= 0.3 is 5.97 Å². The molecule has 0 rings (SSSR count). The molecule has 0 aliphatic carbocycles. The van der Waals surface area contributed by atoms with E-state index in [1.807, 2.05) is 0 Å². The van der Waals surface area contributed by atoms with Gasteiger partial charge in [0.15, 0.2) is 0 Å². The van der Waals surface area contributed by atoms with E-state index in [4.69, 9.17) is 5.11 Å². The van der Waals surface area contributed by atoms with Gasteiger partial charge in [-0.1, -0.05) is 19.2 Å². The molecule has 0 aromatic heterocycles. The van der Waals surface area contributed by atoms with E-state index in [2.05, 4.69) is 18.2 Å². The number of aliphatic carboxylic acids is 1. The Balaban J connectivity index is 3.92. The molecule has 0 unspecified atom stereocenters. The summed E-state index contributed by atoms with van der Waals surface area (Å²) in [5.74, 6) is -1.12. The largest absolute Gasteiger partial charge is 0.477 e. The Bertz CT molecular complexity index is 170. The number of carboxylic acids is 1. The summed E-state index contributed by atoms with van der Waals surface area (Å²) < 4.78 is 0. The van der Waals surface area contributed by atoms with Crippen LogP contribution < -0.4 is 0 Å². The van der Waals surface area contributed by atoms with Gasteiger partial charge < -0.3 is 5.11 Å². The minimum Gasteiger partial charge on any atom is -0.477 e. The molecule has 0 aromatic carbocycles. The van der Waals surface area contributed by atoms with Gasteiger partial charge in [-0.2, -0.15) is 0 Å². The molecule has 3 nitrogen and oxygen atoms in total. The first-order chi connectivity index (χ1) is 4.18. The Morgan fingerprint density at radius 1 is 1.67 bits per heavy atom. The van der Waals surface area contributed by atoms with Crippen LogP contribution in [0.1, 0.15) is 0 Å². The van der Waals surface area contributed by atoms with Crippen LogP contribution in [-0.4, -0.2) is 17.3 Å². The van der Waals surface area contributed by atoms with Gasteiger partial charge in [0.25, 0.3) is 0 Å². The summed E-state index contributed by atoms with van der Waals surface area (Å²) >= 11 is 0. The van der Waals surface area contributed by atoms with Gasteiger partial charge in [-0.25, -0.2) is 9.79 Å². The van der Waals surface area contributed by atoms with E-state index in [1.165, 1.54) is 12.3 Å². The first-order valence-electron chi connectivity index (χ1n) is 2.25. The monoisotopic (exact) mass is 125 g/mol. The fraction of sp³-hybridized carbons (Fsp3) is 0. The van der Waals surface area contributed by atoms with Crippen LogP contribution in [0.4, 0.5) is 0 Å². The summed E-state index contributed by atoms with van der Waals surface area (Å²) in [5.41, 5.74) is -0.185. The lowest BCUT2D eigenvalue weighted by Gasteiger charge is -1.85. The maximum Gasteiger partial charge on any atom is 0.353 e. The van der Waals surface area contributed by atoms with Crippen molar-refractivity contribution in [2.45, 2.75) is 0 Å². The second-order valence-electron chi connectivity index (χ2n) is 1.27. The molecule has 0 aromatic rings. The van der Waals surface area contributed by atoms with Gasteiger partial charge in [-0.3, -0.25) is 0 Å². The highest BCUT2D eigenvalue weighted by Gasteiger charge is 1.96. The minimum absolute atomic E-state index is 0.185. The Kier molecular flexibility index (Phi) is 3.05. The SMILES string of the molecule is C=CC=NC(=C)C(=O)O. The van der Waals surface area contributed by atoms with E-state index in [9.17, 15) is 4.79 Å². The fourth-order valence-corrected chi connectivity index (χ4v) is 0.198. The number of allylic oxidation sites excluding steroid dienone is 1. The molecule has 0 amide bonds. The van der Waals surface area contributed by atoms with Crippen LogP contribution in [0.15, 0.2) is 29.9 Å². The quantitative estimate of drug-likeness (QED) is 0.449. The lowest BCUT2D eigenvalue weighted by molar-refractivity contribution is -0.132. The number of carbonyl (C=O) groups is 1. The molecule has 9 heavy (non-hydrogen) atoms. The zero-order valence-corrected chi connectivity index (χ0v) is 4.87. The Morgan fingerprint density at radius 2 is 2.22 bits per heavy atom. The van der Waals surface area contributed by atoms with Crippen LogP contribution in [-0.2, 0) is 4.79 Å². The van der Waals surface area contributed by atoms with Gasteiger partial charge in [-0.05, 0) is 0 Å². The van der Waals surface area contributed by atoms with Crippen molar-refractivity contribution in [3.63, 3.8) is 0 Å². The number of carboxylic acid groups (broad SMARTS) is 1. The Hall–Kier alpha value is -1.38. The zero-order chi connectivity index (χ0) is 7.28. The second kappa shape index (κ2) is 3.60. The first kappa shape index (κ1) is 7.62. The average Bonchev–Trinajstić information content (AvgIpc) is 1.82. The topological polar surface area (TPSA) is 49.7 Å². The third-order valence-corrected chi connectivity index (χ3v) is 0.583. The van der Waals surface area contributed by atoms with E-state index in [1.54, 1.807) is 0 Å². The first-order valence-corrected chi connectivity index (χ1v) is 2.25. The number of aliphatic imine (C=N–C) groups is 1. The highest BCUT2D eigenvalue weighted by molar-refractivity contribution is 5.88. The molecule has 0 saturated heterocycles. The van der Waals surface area contributed by atoms with Crippen molar-refractivity contribution in [3.8, 4) is 0 Å². The molecule has 0 spiro atoms. The third-order valence-electron chi connectivity index (χ3n) is 0.583. The molecule has 0 aliphatic rings. The Morgan fingerprint density at radius 3 is 2.56 bits per heavy atom. The van der Waals surface area contributed by atoms with E-state index in [0.717, 1.165) is 0 Å². The van der Waals surface area contributed by atoms with Crippen molar-refractivity contribution in [3.05, 3.63) is 24.9 Å². The summed E-state index contributed by atoms with van der Waals surface area (Å²) in [6, 6.07) is 0. The standard InChI is InChI=1S/C6H7NO2/c1-3-4-7-5(2)6(8)9/h3-4H,1-2H2,(H,8,9). The lowest BCUT2D eigenvalue weighted by Crippen LogP contribution is -1.95. The van der Waals surface area contributed by atoms with Gasteiger partial charge in [0.05, 0.1) is 0 Å². The summed E-state index contributed by atoms with van der Waals surface area (Å²) in [7, 11) is 0. The molecule has 0 fully saturated rings. The highest BCUT2D eigenvalue weighted by atomic mass is 16.4. The van der Waals surface area contributed by atoms with Crippen molar-refractivity contribution >= 4 is 12.2 Å². The minimum atomic E-state index is -1.12. The zero-order valence-electron chi connectivity index (χ0n) is 4.87. The molecule has 1 N–H and O–H groups in total. The average molecular weight is 125 g/mol. The molecule has 0 atom stereocenters. The second-order valence-corrected chi connectivity index (χ2v) is 1.27. The molecule has 0 radical (unpaired) electrons. The van der Waals surface area contributed by atoms with Crippen molar-refractivity contribution in [1.29, 1.82) is 0 Å². The predicted molar refractivity (Wildman–Crippen MR) is 35.5 cm³/mol. The summed E-state index contributed by atoms with van der Waals surface area (Å²) in [6.07, 6.45) is 2.66. The lowest BCUT2D eigenvalue weighted by atomic mass is 10.5. The molecular formula is C6H7NO2. The van der Waals surface area contributed by atoms with Crippen LogP contribution in [0.3, 0.4) is 0 Å². The van der Waals surface area contributed by atoms with Gasteiger partial charge in [0, 0.05) is 6.21 Å². The molecule has 48 valence electrons. The molecular weight excluding hydrogens is 118 g/mol. The van der Waals surface area contributed by atoms with E-state index in [0.29, 0.717) is 0 Å². The van der Waals surface area contributed by atoms with Crippen molar-refractivity contribution in [1.82, 2.24) is 0 Å². The third kappa shape index (κ3) is 3.22. The number of hydrogen-bond acceptors (Lipinski definition) is 2. The van der Waals surface area contributed by atoms with Crippen molar-refractivity contribution in [2.75, 3.05) is 0 Å². The smallest absolute Gasteiger partial charge is 0.353 e. The van der Waals surface area contributed by atoms with Gasteiger partial charge in [-0.15, -0.1) is 0 Å². The summed E-state index contributed by atoms with van der Waals surface area (Å²) in [4.78, 5) is 13.4. The summed E-state index contributed by atoms with van der Waals surface area (Å²) in [6.45, 7) is 6.46. The summed E-state index contributed by atoms with van der Waals surface area (Å²) in [5, 5.41) is 8.16. The van der Waals surface area contributed by atoms with Crippen LogP contribution in [0, 0.1) is 0 Å². The molecule has 0 aliphatic heterocycles. The normalized spacial score (nSPS) is 9.33. The maximum absolute atomic E-state index is 9.96. The Labute approximate surface area is 53.0 Å². The number of rotatable bonds is 3. The maximum atomic E-state index is 9.96. The number of nitrogens with zero attached hydrogens (tertiary/aromatic N) is 1. The van der Waals surface area contributed by atoms with Crippen LogP contribution in [0.2, 0.25) is 0 Å². The van der Waals surface area contributed by atoms with Crippen LogP contribution in [0.25, 0.3) is 0 Å². The highest BCUT2D eigenvalue weighted by Crippen LogP contribution is 1.88. The fourth-order valence-electron chi connectivity index (χ4n) is 0.198. The molecule has 0 heterocycles. The predicted octanol–water partition coefficient (Wildman–Crippen LogP) is 0.841.